The van der Waals surface area contributed by atoms with Crippen LogP contribution in [-0.4, -0.2) is 22.8 Å². The SMILES string of the molecule is CCCCCCCCOc1ccc(CNC2CC2)nn1. The van der Waals surface area contributed by atoms with Gasteiger partial charge >= 0.3 is 0 Å². The molecule has 0 saturated heterocycles. The van der Waals surface area contributed by atoms with E-state index in [9.17, 15) is 0 Å². The molecule has 20 heavy (non-hydrogen) atoms. The van der Waals surface area contributed by atoms with Crippen LogP contribution in [0.5, 0.6) is 5.88 Å². The predicted octanol–water partition coefficient (Wildman–Crippen LogP) is 3.47. The van der Waals surface area contributed by atoms with Gasteiger partial charge in [-0.3, -0.25) is 0 Å². The molecule has 0 atom stereocenters. The van der Waals surface area contributed by atoms with Gasteiger partial charge in [0.1, 0.15) is 0 Å². The Hall–Kier alpha value is -1.16. The fourth-order valence-corrected chi connectivity index (χ4v) is 2.11. The first-order valence-corrected chi connectivity index (χ1v) is 8.07. The zero-order valence-electron chi connectivity index (χ0n) is 12.6. The molecule has 2 rings (SSSR count). The summed E-state index contributed by atoms with van der Waals surface area (Å²) < 4.78 is 5.61. The molecule has 0 bridgehead atoms. The molecule has 0 spiro atoms. The number of aromatic nitrogens is 2. The summed E-state index contributed by atoms with van der Waals surface area (Å²) in [6.45, 7) is 3.81. The Morgan fingerprint density at radius 1 is 1.10 bits per heavy atom. The van der Waals surface area contributed by atoms with Crippen molar-refractivity contribution in [2.24, 2.45) is 0 Å². The third kappa shape index (κ3) is 6.33. The van der Waals surface area contributed by atoms with Crippen molar-refractivity contribution >= 4 is 0 Å². The molecule has 0 unspecified atom stereocenters. The molecule has 4 heteroatoms. The van der Waals surface area contributed by atoms with E-state index in [-0.39, 0.29) is 0 Å². The highest BCUT2D eigenvalue weighted by Gasteiger charge is 2.20. The van der Waals surface area contributed by atoms with Gasteiger partial charge in [-0.25, -0.2) is 0 Å². The maximum Gasteiger partial charge on any atom is 0.233 e. The Morgan fingerprint density at radius 3 is 2.60 bits per heavy atom. The molecular formula is C16H27N3O. The minimum atomic E-state index is 0.647. The van der Waals surface area contributed by atoms with Crippen LogP contribution in [0.1, 0.15) is 64.0 Å². The Balaban J connectivity index is 1.53. The number of hydrogen-bond donors (Lipinski definition) is 1. The average molecular weight is 277 g/mol. The van der Waals surface area contributed by atoms with Gasteiger partial charge in [0, 0.05) is 18.7 Å². The van der Waals surface area contributed by atoms with E-state index in [1.54, 1.807) is 0 Å². The first-order valence-electron chi connectivity index (χ1n) is 8.07. The summed E-state index contributed by atoms with van der Waals surface area (Å²) in [6.07, 6.45) is 10.3. The fraction of sp³-hybridized carbons (Fsp3) is 0.750. The lowest BCUT2D eigenvalue weighted by Gasteiger charge is -2.06. The Kier molecular flexibility index (Phi) is 6.78. The maximum absolute atomic E-state index is 5.61. The van der Waals surface area contributed by atoms with Crippen molar-refractivity contribution in [3.63, 3.8) is 0 Å². The van der Waals surface area contributed by atoms with Gasteiger partial charge in [0.15, 0.2) is 0 Å². The van der Waals surface area contributed by atoms with Gasteiger partial charge in [-0.2, -0.15) is 5.10 Å². The van der Waals surface area contributed by atoms with Crippen molar-refractivity contribution in [2.45, 2.75) is 70.9 Å². The van der Waals surface area contributed by atoms with Crippen molar-refractivity contribution in [3.05, 3.63) is 17.8 Å². The van der Waals surface area contributed by atoms with Gasteiger partial charge in [-0.1, -0.05) is 39.0 Å². The van der Waals surface area contributed by atoms with Crippen molar-refractivity contribution in [1.29, 1.82) is 0 Å². The summed E-state index contributed by atoms with van der Waals surface area (Å²) in [5, 5.41) is 11.7. The molecule has 0 aliphatic heterocycles. The van der Waals surface area contributed by atoms with Gasteiger partial charge in [0.05, 0.1) is 12.3 Å². The highest BCUT2D eigenvalue weighted by molar-refractivity contribution is 5.11. The molecule has 0 amide bonds. The number of nitrogens with one attached hydrogen (secondary N) is 1. The summed E-state index contributed by atoms with van der Waals surface area (Å²) in [5.41, 5.74) is 0.990. The monoisotopic (exact) mass is 277 g/mol. The smallest absolute Gasteiger partial charge is 0.233 e. The normalized spacial score (nSPS) is 14.4. The van der Waals surface area contributed by atoms with E-state index in [0.29, 0.717) is 11.9 Å². The highest BCUT2D eigenvalue weighted by atomic mass is 16.5. The lowest BCUT2D eigenvalue weighted by Crippen LogP contribution is -2.16. The lowest BCUT2D eigenvalue weighted by atomic mass is 10.1. The quantitative estimate of drug-likeness (QED) is 0.629. The largest absolute Gasteiger partial charge is 0.477 e. The maximum atomic E-state index is 5.61. The minimum absolute atomic E-state index is 0.647. The number of rotatable bonds is 11. The Bertz CT molecular complexity index is 362. The topological polar surface area (TPSA) is 47.0 Å². The molecule has 4 nitrogen and oxygen atoms in total. The van der Waals surface area contributed by atoms with Gasteiger partial charge in [-0.05, 0) is 25.3 Å². The minimum Gasteiger partial charge on any atom is -0.477 e. The molecule has 1 heterocycles. The van der Waals surface area contributed by atoms with E-state index < -0.39 is 0 Å². The first kappa shape index (κ1) is 15.2. The van der Waals surface area contributed by atoms with Crippen LogP contribution >= 0.6 is 0 Å². The molecule has 1 aliphatic rings. The third-order valence-electron chi connectivity index (χ3n) is 3.59. The fourth-order valence-electron chi connectivity index (χ4n) is 2.11. The van der Waals surface area contributed by atoms with Gasteiger partial charge in [0.2, 0.25) is 5.88 Å². The number of ether oxygens (including phenoxy) is 1. The molecule has 112 valence electrons. The van der Waals surface area contributed by atoms with Crippen LogP contribution in [-0.2, 0) is 6.54 Å². The Morgan fingerprint density at radius 2 is 1.90 bits per heavy atom. The molecule has 1 N–H and O–H groups in total. The van der Waals surface area contributed by atoms with Crippen LogP contribution in [0.15, 0.2) is 12.1 Å². The van der Waals surface area contributed by atoms with E-state index in [1.165, 1.54) is 44.9 Å². The van der Waals surface area contributed by atoms with Gasteiger partial charge in [0.25, 0.3) is 0 Å². The van der Waals surface area contributed by atoms with Crippen molar-refractivity contribution in [2.75, 3.05) is 6.61 Å². The molecule has 1 aromatic rings. The van der Waals surface area contributed by atoms with Crippen LogP contribution in [0.4, 0.5) is 0 Å². The molecule has 0 radical (unpaired) electrons. The van der Waals surface area contributed by atoms with E-state index in [0.717, 1.165) is 25.3 Å². The third-order valence-corrected chi connectivity index (χ3v) is 3.59. The van der Waals surface area contributed by atoms with Crippen LogP contribution in [0.2, 0.25) is 0 Å². The molecule has 1 aromatic heterocycles. The first-order chi connectivity index (χ1) is 9.88. The standard InChI is InChI=1S/C16H27N3O/c1-2-3-4-5-6-7-12-20-16-11-10-15(18-19-16)13-17-14-8-9-14/h10-11,14,17H,2-9,12-13H2,1H3. The summed E-state index contributed by atoms with van der Waals surface area (Å²) in [7, 11) is 0. The predicted molar refractivity (Wildman–Crippen MR) is 80.8 cm³/mol. The second-order valence-electron chi connectivity index (χ2n) is 5.63. The van der Waals surface area contributed by atoms with Gasteiger partial charge < -0.3 is 10.1 Å². The van der Waals surface area contributed by atoms with E-state index in [2.05, 4.69) is 22.4 Å². The number of unbranched alkanes of at least 4 members (excludes halogenated alkanes) is 5. The number of nitrogens with zero attached hydrogens (tertiary/aromatic N) is 2. The summed E-state index contributed by atoms with van der Waals surface area (Å²) in [5.74, 6) is 0.647. The molecule has 1 fully saturated rings. The average Bonchev–Trinajstić information content (AvgIpc) is 3.30. The molecule has 0 aromatic carbocycles. The summed E-state index contributed by atoms with van der Waals surface area (Å²) >= 11 is 0. The van der Waals surface area contributed by atoms with E-state index in [4.69, 9.17) is 4.74 Å². The van der Waals surface area contributed by atoms with E-state index >= 15 is 0 Å². The molecule has 1 aliphatic carbocycles. The van der Waals surface area contributed by atoms with Crippen molar-refractivity contribution < 1.29 is 4.74 Å². The summed E-state index contributed by atoms with van der Waals surface area (Å²) in [4.78, 5) is 0. The summed E-state index contributed by atoms with van der Waals surface area (Å²) in [6, 6.07) is 4.63. The second kappa shape index (κ2) is 8.90. The Labute approximate surface area is 122 Å². The molecule has 1 saturated carbocycles. The zero-order chi connectivity index (χ0) is 14.0. The van der Waals surface area contributed by atoms with Crippen molar-refractivity contribution in [1.82, 2.24) is 15.5 Å². The zero-order valence-corrected chi connectivity index (χ0v) is 12.6. The van der Waals surface area contributed by atoms with Crippen LogP contribution in [0.3, 0.4) is 0 Å². The van der Waals surface area contributed by atoms with Crippen molar-refractivity contribution in [3.8, 4) is 5.88 Å². The molecular weight excluding hydrogens is 250 g/mol. The van der Waals surface area contributed by atoms with Crippen LogP contribution in [0, 0.1) is 0 Å². The highest BCUT2D eigenvalue weighted by Crippen LogP contribution is 2.19. The number of hydrogen-bond acceptors (Lipinski definition) is 4. The van der Waals surface area contributed by atoms with Crippen LogP contribution in [0.25, 0.3) is 0 Å². The van der Waals surface area contributed by atoms with Gasteiger partial charge in [-0.15, -0.1) is 5.10 Å². The lowest BCUT2D eigenvalue weighted by molar-refractivity contribution is 0.289. The van der Waals surface area contributed by atoms with E-state index in [1.807, 2.05) is 12.1 Å². The second-order valence-corrected chi connectivity index (χ2v) is 5.63. The van der Waals surface area contributed by atoms with Crippen LogP contribution < -0.4 is 10.1 Å².